The fourth-order valence-corrected chi connectivity index (χ4v) is 2.04. The molecule has 0 amide bonds. The maximum absolute atomic E-state index is 6.03. The van der Waals surface area contributed by atoms with E-state index in [1.165, 1.54) is 0 Å². The first-order chi connectivity index (χ1) is 8.41. The van der Waals surface area contributed by atoms with Crippen molar-refractivity contribution >= 4 is 23.6 Å². The molecule has 6 heteroatoms. The number of aromatic nitrogens is 3. The van der Waals surface area contributed by atoms with Crippen LogP contribution in [0.4, 0.5) is 0 Å². The topological polar surface area (TPSA) is 60.0 Å². The van der Waals surface area contributed by atoms with E-state index in [1.807, 2.05) is 33.8 Å². The minimum atomic E-state index is -0.388. The van der Waals surface area contributed by atoms with Gasteiger partial charge in [-0.1, -0.05) is 0 Å². The SMILES string of the molecule is CC1(C)OB(c2ccnc3cn[nH]c23)OC1(C)C. The molecule has 0 unspecified atom stereocenters. The molecule has 0 aliphatic carbocycles. The van der Waals surface area contributed by atoms with Crippen molar-refractivity contribution in [2.45, 2.75) is 38.9 Å². The Morgan fingerprint density at radius 1 is 1.17 bits per heavy atom. The molecule has 2 aromatic heterocycles. The molecule has 0 atom stereocenters. The number of pyridine rings is 1. The second kappa shape index (κ2) is 3.55. The van der Waals surface area contributed by atoms with E-state index in [2.05, 4.69) is 15.2 Å². The molecule has 3 rings (SSSR count). The van der Waals surface area contributed by atoms with E-state index >= 15 is 0 Å². The molecular weight excluding hydrogens is 229 g/mol. The number of aromatic amines is 1. The van der Waals surface area contributed by atoms with Gasteiger partial charge >= 0.3 is 7.12 Å². The van der Waals surface area contributed by atoms with Crippen LogP contribution in [0.2, 0.25) is 0 Å². The largest absolute Gasteiger partial charge is 0.497 e. The van der Waals surface area contributed by atoms with Crippen LogP contribution in [0.15, 0.2) is 18.5 Å². The molecule has 1 aliphatic rings. The van der Waals surface area contributed by atoms with Gasteiger partial charge in [0.15, 0.2) is 0 Å². The van der Waals surface area contributed by atoms with Gasteiger partial charge in [0.25, 0.3) is 0 Å². The fourth-order valence-electron chi connectivity index (χ4n) is 2.04. The molecular formula is C12H16BN3O2. The van der Waals surface area contributed by atoms with Crippen molar-refractivity contribution in [2.24, 2.45) is 0 Å². The molecule has 0 bridgehead atoms. The summed E-state index contributed by atoms with van der Waals surface area (Å²) in [6.45, 7) is 8.16. The smallest absolute Gasteiger partial charge is 0.399 e. The highest BCUT2D eigenvalue weighted by molar-refractivity contribution is 6.64. The number of rotatable bonds is 1. The van der Waals surface area contributed by atoms with Crippen LogP contribution in [0.1, 0.15) is 27.7 Å². The zero-order valence-electron chi connectivity index (χ0n) is 11.0. The van der Waals surface area contributed by atoms with E-state index in [-0.39, 0.29) is 18.3 Å². The summed E-state index contributed by atoms with van der Waals surface area (Å²) in [6.07, 6.45) is 3.45. The third-order valence-corrected chi connectivity index (χ3v) is 3.88. The van der Waals surface area contributed by atoms with Crippen molar-refractivity contribution in [1.29, 1.82) is 0 Å². The third kappa shape index (κ3) is 1.56. The summed E-state index contributed by atoms with van der Waals surface area (Å²) in [6, 6.07) is 1.91. The first-order valence-corrected chi connectivity index (χ1v) is 6.04. The van der Waals surface area contributed by atoms with Crippen LogP contribution >= 0.6 is 0 Å². The van der Waals surface area contributed by atoms with Crippen molar-refractivity contribution in [3.8, 4) is 0 Å². The first-order valence-electron chi connectivity index (χ1n) is 6.04. The molecule has 1 fully saturated rings. The first kappa shape index (κ1) is 11.7. The highest BCUT2D eigenvalue weighted by Gasteiger charge is 2.52. The molecule has 94 valence electrons. The lowest BCUT2D eigenvalue weighted by Gasteiger charge is -2.32. The van der Waals surface area contributed by atoms with Crippen LogP contribution in [0, 0.1) is 0 Å². The quantitative estimate of drug-likeness (QED) is 0.768. The minimum Gasteiger partial charge on any atom is -0.399 e. The van der Waals surface area contributed by atoms with Crippen LogP contribution in [0.5, 0.6) is 0 Å². The molecule has 18 heavy (non-hydrogen) atoms. The molecule has 0 spiro atoms. The second-order valence-electron chi connectivity index (χ2n) is 5.62. The Morgan fingerprint density at radius 3 is 2.50 bits per heavy atom. The van der Waals surface area contributed by atoms with Gasteiger partial charge in [0.1, 0.15) is 5.52 Å². The zero-order chi connectivity index (χ0) is 13.0. The van der Waals surface area contributed by atoms with Gasteiger partial charge in [-0.2, -0.15) is 5.10 Å². The Kier molecular flexibility index (Phi) is 2.31. The summed E-state index contributed by atoms with van der Waals surface area (Å²) >= 11 is 0. The monoisotopic (exact) mass is 245 g/mol. The van der Waals surface area contributed by atoms with Gasteiger partial charge in [-0.3, -0.25) is 10.1 Å². The van der Waals surface area contributed by atoms with E-state index in [9.17, 15) is 0 Å². The lowest BCUT2D eigenvalue weighted by molar-refractivity contribution is 0.00578. The van der Waals surface area contributed by atoms with Gasteiger partial charge in [0.2, 0.25) is 0 Å². The summed E-state index contributed by atoms with van der Waals surface area (Å²) in [5, 5.41) is 6.95. The summed E-state index contributed by atoms with van der Waals surface area (Å²) in [5.74, 6) is 0. The normalized spacial score (nSPS) is 21.7. The Hall–Kier alpha value is -1.40. The lowest BCUT2D eigenvalue weighted by Crippen LogP contribution is -2.41. The highest BCUT2D eigenvalue weighted by Crippen LogP contribution is 2.36. The van der Waals surface area contributed by atoms with E-state index in [4.69, 9.17) is 9.31 Å². The molecule has 1 N–H and O–H groups in total. The average molecular weight is 245 g/mol. The van der Waals surface area contributed by atoms with Crippen molar-refractivity contribution in [3.05, 3.63) is 18.5 Å². The van der Waals surface area contributed by atoms with Crippen molar-refractivity contribution in [1.82, 2.24) is 15.2 Å². The highest BCUT2D eigenvalue weighted by atomic mass is 16.7. The van der Waals surface area contributed by atoms with Gasteiger partial charge in [-0.25, -0.2) is 0 Å². The Labute approximate surface area is 106 Å². The zero-order valence-corrected chi connectivity index (χ0v) is 11.0. The molecule has 2 aromatic rings. The molecule has 5 nitrogen and oxygen atoms in total. The second-order valence-corrected chi connectivity index (χ2v) is 5.62. The summed E-state index contributed by atoms with van der Waals surface area (Å²) < 4.78 is 12.1. The Morgan fingerprint density at radius 2 is 1.83 bits per heavy atom. The van der Waals surface area contributed by atoms with E-state index in [0.29, 0.717) is 0 Å². The van der Waals surface area contributed by atoms with Crippen LogP contribution in [0.3, 0.4) is 0 Å². The number of H-pyrrole nitrogens is 1. The maximum Gasteiger partial charge on any atom is 0.497 e. The maximum atomic E-state index is 6.03. The van der Waals surface area contributed by atoms with Crippen LogP contribution in [-0.4, -0.2) is 33.5 Å². The summed E-state index contributed by atoms with van der Waals surface area (Å²) in [7, 11) is -0.388. The molecule has 1 aliphatic heterocycles. The molecule has 3 heterocycles. The van der Waals surface area contributed by atoms with Gasteiger partial charge < -0.3 is 9.31 Å². The Balaban J connectivity index is 2.05. The summed E-state index contributed by atoms with van der Waals surface area (Å²) in [5.41, 5.74) is 1.95. The van der Waals surface area contributed by atoms with E-state index in [0.717, 1.165) is 16.5 Å². The van der Waals surface area contributed by atoms with Gasteiger partial charge in [0, 0.05) is 11.7 Å². The van der Waals surface area contributed by atoms with Gasteiger partial charge in [-0.05, 0) is 33.8 Å². The number of nitrogens with zero attached hydrogens (tertiary/aromatic N) is 2. The molecule has 0 radical (unpaired) electrons. The third-order valence-electron chi connectivity index (χ3n) is 3.88. The van der Waals surface area contributed by atoms with E-state index < -0.39 is 0 Å². The summed E-state index contributed by atoms with van der Waals surface area (Å²) in [4.78, 5) is 4.24. The van der Waals surface area contributed by atoms with Gasteiger partial charge in [0.05, 0.1) is 22.9 Å². The van der Waals surface area contributed by atoms with Crippen LogP contribution < -0.4 is 5.46 Å². The van der Waals surface area contributed by atoms with Crippen molar-refractivity contribution in [2.75, 3.05) is 0 Å². The number of hydrogen-bond acceptors (Lipinski definition) is 4. The average Bonchev–Trinajstić information content (AvgIpc) is 2.81. The molecule has 0 saturated carbocycles. The molecule has 1 saturated heterocycles. The number of nitrogens with one attached hydrogen (secondary N) is 1. The van der Waals surface area contributed by atoms with Crippen molar-refractivity contribution < 1.29 is 9.31 Å². The number of fused-ring (bicyclic) bond motifs is 1. The standard InChI is InChI=1S/C12H16BN3O2/c1-11(2)12(3,4)18-13(17-11)8-5-6-14-9-7-15-16-10(8)9/h5-7H,1-4H3,(H,15,16). The van der Waals surface area contributed by atoms with Crippen molar-refractivity contribution in [3.63, 3.8) is 0 Å². The minimum absolute atomic E-state index is 0.340. The van der Waals surface area contributed by atoms with Crippen LogP contribution in [-0.2, 0) is 9.31 Å². The number of hydrogen-bond donors (Lipinski definition) is 1. The van der Waals surface area contributed by atoms with Gasteiger partial charge in [-0.15, -0.1) is 0 Å². The lowest BCUT2D eigenvalue weighted by atomic mass is 9.79. The predicted octanol–water partition coefficient (Wildman–Crippen LogP) is 1.26. The predicted molar refractivity (Wildman–Crippen MR) is 69.6 cm³/mol. The molecule has 0 aromatic carbocycles. The van der Waals surface area contributed by atoms with E-state index in [1.54, 1.807) is 12.4 Å². The fraction of sp³-hybridized carbons (Fsp3) is 0.500. The Bertz CT molecular complexity index is 578. The van der Waals surface area contributed by atoms with Crippen LogP contribution in [0.25, 0.3) is 11.0 Å².